The first-order valence-electron chi connectivity index (χ1n) is 10.5. The number of fused-ring (bicyclic) bond motifs is 1. The van der Waals surface area contributed by atoms with Crippen molar-refractivity contribution in [2.24, 2.45) is 0 Å². The van der Waals surface area contributed by atoms with Gasteiger partial charge in [0.25, 0.3) is 17.2 Å². The second-order valence-electron chi connectivity index (χ2n) is 7.91. The van der Waals surface area contributed by atoms with Crippen LogP contribution in [0.15, 0.2) is 65.8 Å². The summed E-state index contributed by atoms with van der Waals surface area (Å²) in [7, 11) is 3.86. The van der Waals surface area contributed by atoms with E-state index in [1.165, 1.54) is 29.2 Å². The molecule has 2 aromatic heterocycles. The summed E-state index contributed by atoms with van der Waals surface area (Å²) < 4.78 is 2.94. The number of nitrogens with one attached hydrogen (secondary N) is 1. The molecule has 1 amide bonds. The highest BCUT2D eigenvalue weighted by Gasteiger charge is 2.12. The number of amides is 1. The summed E-state index contributed by atoms with van der Waals surface area (Å²) in [6.07, 6.45) is 2.84. The van der Waals surface area contributed by atoms with Gasteiger partial charge in [-0.15, -0.1) is 0 Å². The van der Waals surface area contributed by atoms with E-state index in [9.17, 15) is 19.7 Å². The molecule has 34 heavy (non-hydrogen) atoms. The molecule has 0 radical (unpaired) electrons. The zero-order valence-electron chi connectivity index (χ0n) is 18.7. The van der Waals surface area contributed by atoms with Gasteiger partial charge in [0.05, 0.1) is 24.2 Å². The van der Waals surface area contributed by atoms with E-state index < -0.39 is 4.92 Å². The molecule has 174 valence electrons. The molecule has 0 saturated heterocycles. The van der Waals surface area contributed by atoms with Gasteiger partial charge in [0.15, 0.2) is 5.65 Å². The Bertz CT molecular complexity index is 1410. The molecule has 4 rings (SSSR count). The van der Waals surface area contributed by atoms with Gasteiger partial charge in [-0.3, -0.25) is 24.3 Å². The average Bonchev–Trinajstić information content (AvgIpc) is 3.24. The summed E-state index contributed by atoms with van der Waals surface area (Å²) in [5.41, 5.74) is 2.24. The van der Waals surface area contributed by atoms with E-state index in [2.05, 4.69) is 15.4 Å². The van der Waals surface area contributed by atoms with Crippen molar-refractivity contribution in [1.29, 1.82) is 0 Å². The van der Waals surface area contributed by atoms with Gasteiger partial charge in [0.2, 0.25) is 0 Å². The van der Waals surface area contributed by atoms with Gasteiger partial charge < -0.3 is 10.2 Å². The first-order valence-corrected chi connectivity index (χ1v) is 10.5. The molecule has 0 fully saturated rings. The number of nitrogens with zero attached hydrogens (tertiary/aromatic N) is 6. The lowest BCUT2D eigenvalue weighted by Crippen LogP contribution is -2.28. The van der Waals surface area contributed by atoms with Crippen LogP contribution >= 0.6 is 0 Å². The van der Waals surface area contributed by atoms with E-state index >= 15 is 0 Å². The topological polar surface area (TPSA) is 128 Å². The number of benzene rings is 2. The molecule has 0 saturated carbocycles. The largest absolute Gasteiger partial charge is 0.378 e. The van der Waals surface area contributed by atoms with Gasteiger partial charge in [0.1, 0.15) is 11.7 Å². The SMILES string of the molecule is CN(C)c1ccc(C(=O)NCCn2ncc3c(=O)n(Cc4cccc([N+](=O)[O-])c4)cnc32)cc1. The molecule has 0 aliphatic carbocycles. The van der Waals surface area contributed by atoms with Crippen molar-refractivity contribution in [3.05, 3.63) is 92.7 Å². The third kappa shape index (κ3) is 4.77. The summed E-state index contributed by atoms with van der Waals surface area (Å²) in [6, 6.07) is 13.4. The van der Waals surface area contributed by atoms with E-state index in [1.807, 2.05) is 31.1 Å². The number of carbonyl (C=O) groups excluding carboxylic acids is 1. The Balaban J connectivity index is 1.43. The second-order valence-corrected chi connectivity index (χ2v) is 7.91. The molecule has 0 spiro atoms. The van der Waals surface area contributed by atoms with Crippen LogP contribution < -0.4 is 15.8 Å². The molecule has 0 aliphatic rings. The van der Waals surface area contributed by atoms with Crippen LogP contribution in [-0.2, 0) is 13.1 Å². The maximum atomic E-state index is 12.9. The Morgan fingerprint density at radius 2 is 1.94 bits per heavy atom. The van der Waals surface area contributed by atoms with Crippen molar-refractivity contribution in [2.75, 3.05) is 25.5 Å². The quantitative estimate of drug-likeness (QED) is 0.314. The van der Waals surface area contributed by atoms with E-state index in [0.717, 1.165) is 5.69 Å². The fourth-order valence-electron chi connectivity index (χ4n) is 3.53. The lowest BCUT2D eigenvalue weighted by molar-refractivity contribution is -0.384. The van der Waals surface area contributed by atoms with Gasteiger partial charge in [0, 0.05) is 44.0 Å². The van der Waals surface area contributed by atoms with Crippen LogP contribution in [0.4, 0.5) is 11.4 Å². The maximum Gasteiger partial charge on any atom is 0.269 e. The maximum absolute atomic E-state index is 12.9. The lowest BCUT2D eigenvalue weighted by atomic mass is 10.2. The first kappa shape index (κ1) is 22.6. The monoisotopic (exact) mass is 461 g/mol. The number of rotatable bonds is 8. The number of nitro groups is 1. The molecule has 4 aromatic rings. The minimum Gasteiger partial charge on any atom is -0.378 e. The van der Waals surface area contributed by atoms with Crippen LogP contribution in [0.25, 0.3) is 11.0 Å². The van der Waals surface area contributed by atoms with Crippen LogP contribution in [0.5, 0.6) is 0 Å². The van der Waals surface area contributed by atoms with Crippen LogP contribution in [0, 0.1) is 10.1 Å². The Hall–Kier alpha value is -4.54. The number of hydrogen-bond donors (Lipinski definition) is 1. The van der Waals surface area contributed by atoms with Crippen molar-refractivity contribution >= 4 is 28.3 Å². The normalized spacial score (nSPS) is 10.9. The number of carbonyl (C=O) groups is 1. The summed E-state index contributed by atoms with van der Waals surface area (Å²) in [5.74, 6) is -0.200. The highest BCUT2D eigenvalue weighted by atomic mass is 16.6. The van der Waals surface area contributed by atoms with Gasteiger partial charge in [-0.25, -0.2) is 9.67 Å². The van der Waals surface area contributed by atoms with Gasteiger partial charge in [-0.05, 0) is 29.8 Å². The zero-order chi connectivity index (χ0) is 24.2. The van der Waals surface area contributed by atoms with Crippen molar-refractivity contribution in [3.63, 3.8) is 0 Å². The van der Waals surface area contributed by atoms with Crippen molar-refractivity contribution in [1.82, 2.24) is 24.6 Å². The first-order chi connectivity index (χ1) is 16.3. The van der Waals surface area contributed by atoms with Crippen molar-refractivity contribution in [2.45, 2.75) is 13.1 Å². The Kier molecular flexibility index (Phi) is 6.35. The van der Waals surface area contributed by atoms with Crippen LogP contribution in [0.3, 0.4) is 0 Å². The number of aromatic nitrogens is 4. The standard InChI is InChI=1S/C23H23N7O4/c1-27(2)18-8-6-17(7-9-18)22(31)24-10-11-29-21-20(13-26-29)23(32)28(15-25-21)14-16-4-3-5-19(12-16)30(33)34/h3-9,12-13,15H,10-11,14H2,1-2H3,(H,24,31). The van der Waals surface area contributed by atoms with Crippen molar-refractivity contribution in [3.8, 4) is 0 Å². The minimum atomic E-state index is -0.477. The summed E-state index contributed by atoms with van der Waals surface area (Å²) >= 11 is 0. The molecule has 0 atom stereocenters. The van der Waals surface area contributed by atoms with Crippen LogP contribution in [0.1, 0.15) is 15.9 Å². The fraction of sp³-hybridized carbons (Fsp3) is 0.217. The highest BCUT2D eigenvalue weighted by molar-refractivity contribution is 5.94. The van der Waals surface area contributed by atoms with Gasteiger partial charge in [-0.2, -0.15) is 5.10 Å². The second kappa shape index (κ2) is 9.53. The zero-order valence-corrected chi connectivity index (χ0v) is 18.7. The molecular formula is C23H23N7O4. The predicted molar refractivity (Wildman–Crippen MR) is 127 cm³/mol. The third-order valence-corrected chi connectivity index (χ3v) is 5.35. The average molecular weight is 461 g/mol. The van der Waals surface area contributed by atoms with Gasteiger partial charge >= 0.3 is 0 Å². The summed E-state index contributed by atoms with van der Waals surface area (Å²) in [4.78, 5) is 42.1. The Labute approximate surface area is 194 Å². The van der Waals surface area contributed by atoms with Crippen LogP contribution in [0.2, 0.25) is 0 Å². The molecule has 2 heterocycles. The highest BCUT2D eigenvalue weighted by Crippen LogP contribution is 2.14. The lowest BCUT2D eigenvalue weighted by Gasteiger charge is -2.12. The van der Waals surface area contributed by atoms with E-state index in [1.54, 1.807) is 28.9 Å². The van der Waals surface area contributed by atoms with Crippen molar-refractivity contribution < 1.29 is 9.72 Å². The Morgan fingerprint density at radius 1 is 1.18 bits per heavy atom. The van der Waals surface area contributed by atoms with E-state index in [-0.39, 0.29) is 23.7 Å². The number of hydrogen-bond acceptors (Lipinski definition) is 7. The van der Waals surface area contributed by atoms with Gasteiger partial charge in [-0.1, -0.05) is 12.1 Å². The minimum absolute atomic E-state index is 0.0388. The number of nitro benzene ring substituents is 1. The molecule has 11 nitrogen and oxygen atoms in total. The predicted octanol–water partition coefficient (Wildman–Crippen LogP) is 2.05. The molecule has 1 N–H and O–H groups in total. The number of anilines is 1. The summed E-state index contributed by atoms with van der Waals surface area (Å²) in [5, 5.41) is 18.4. The van der Waals surface area contributed by atoms with E-state index in [4.69, 9.17) is 0 Å². The molecule has 2 aromatic carbocycles. The third-order valence-electron chi connectivity index (χ3n) is 5.35. The molecule has 0 unspecified atom stereocenters. The molecule has 0 aliphatic heterocycles. The van der Waals surface area contributed by atoms with Crippen LogP contribution in [-0.4, -0.2) is 50.8 Å². The molecule has 0 bridgehead atoms. The van der Waals surface area contributed by atoms with E-state index in [0.29, 0.717) is 35.2 Å². The summed E-state index contributed by atoms with van der Waals surface area (Å²) in [6.45, 7) is 0.799. The number of non-ortho nitro benzene ring substituents is 1. The molecule has 11 heteroatoms. The fourth-order valence-corrected chi connectivity index (χ4v) is 3.53. The molecular weight excluding hydrogens is 438 g/mol. The Morgan fingerprint density at radius 3 is 2.65 bits per heavy atom. The smallest absolute Gasteiger partial charge is 0.269 e.